The van der Waals surface area contributed by atoms with Gasteiger partial charge in [-0.1, -0.05) is 41.5 Å². The maximum Gasteiger partial charge on any atom is 0.302 e. The van der Waals surface area contributed by atoms with Gasteiger partial charge in [-0.15, -0.1) is 10.2 Å². The van der Waals surface area contributed by atoms with Crippen molar-refractivity contribution >= 4 is 27.5 Å². The number of nitrogens with zero attached hydrogens (tertiary/aromatic N) is 7. The Morgan fingerprint density at radius 3 is 2.20 bits per heavy atom. The normalized spacial score (nSPS) is 13.2. The Morgan fingerprint density at radius 1 is 1.13 bits per heavy atom. The summed E-state index contributed by atoms with van der Waals surface area (Å²) in [5.74, 6) is 0.301. The van der Waals surface area contributed by atoms with Crippen LogP contribution in [0.5, 0.6) is 0 Å². The summed E-state index contributed by atoms with van der Waals surface area (Å²) in [6.07, 6.45) is 0. The predicted molar refractivity (Wildman–Crippen MR) is 114 cm³/mol. The van der Waals surface area contributed by atoms with Gasteiger partial charge in [0.25, 0.3) is 0 Å². The van der Waals surface area contributed by atoms with E-state index in [-0.39, 0.29) is 22.7 Å². The summed E-state index contributed by atoms with van der Waals surface area (Å²) < 4.78 is 29.7. The van der Waals surface area contributed by atoms with Crippen molar-refractivity contribution in [3.63, 3.8) is 0 Å². The van der Waals surface area contributed by atoms with Gasteiger partial charge in [0.2, 0.25) is 5.82 Å². The fraction of sp³-hybridized carbons (Fsp3) is 0.611. The lowest BCUT2D eigenvalue weighted by molar-refractivity contribution is 0.526. The molecule has 0 aromatic carbocycles. The fourth-order valence-electron chi connectivity index (χ4n) is 2.59. The highest BCUT2D eigenvalue weighted by Gasteiger charge is 2.29. The first-order chi connectivity index (χ1) is 13.6. The molecule has 2 aromatic heterocycles. The third-order valence-electron chi connectivity index (χ3n) is 4.29. The average molecular weight is 436 g/mol. The van der Waals surface area contributed by atoms with Gasteiger partial charge in [0.1, 0.15) is 11.6 Å². The number of hydrogen-bond donors (Lipinski definition) is 2. The van der Waals surface area contributed by atoms with Gasteiger partial charge in [0.15, 0.2) is 11.5 Å². The van der Waals surface area contributed by atoms with Crippen LogP contribution in [0.4, 0.5) is 17.3 Å². The number of aryl methyl sites for hydroxylation is 1. The zero-order valence-electron chi connectivity index (χ0n) is 18.9. The summed E-state index contributed by atoms with van der Waals surface area (Å²) in [6, 6.07) is 2.12. The molecular weight excluding hydrogens is 406 g/mol. The van der Waals surface area contributed by atoms with Crippen LogP contribution in [0.3, 0.4) is 0 Å². The van der Waals surface area contributed by atoms with Gasteiger partial charge in [0, 0.05) is 32.0 Å². The first-order valence-corrected chi connectivity index (χ1v) is 10.7. The maximum atomic E-state index is 12.4. The first-order valence-electron chi connectivity index (χ1n) is 9.28. The third-order valence-corrected chi connectivity index (χ3v) is 5.71. The summed E-state index contributed by atoms with van der Waals surface area (Å²) in [5, 5.41) is 29.4. The molecule has 0 saturated heterocycles. The molecule has 0 aliphatic carbocycles. The van der Waals surface area contributed by atoms with Gasteiger partial charge in [0.05, 0.1) is 11.4 Å². The van der Waals surface area contributed by atoms with E-state index in [1.807, 2.05) is 41.5 Å². The number of anilines is 1. The molecule has 2 N–H and O–H groups in total. The number of azo groups is 1. The molecule has 0 atom stereocenters. The fourth-order valence-corrected chi connectivity index (χ4v) is 3.25. The van der Waals surface area contributed by atoms with Crippen LogP contribution in [0.15, 0.2) is 10.2 Å². The Labute approximate surface area is 177 Å². The molecule has 0 fully saturated rings. The highest BCUT2D eigenvalue weighted by Crippen LogP contribution is 2.38. The first kappa shape index (κ1) is 23.5. The quantitative estimate of drug-likeness (QED) is 0.693. The van der Waals surface area contributed by atoms with E-state index < -0.39 is 15.6 Å². The van der Waals surface area contributed by atoms with Crippen molar-refractivity contribution < 1.29 is 8.42 Å². The number of aromatic nitrogens is 4. The van der Waals surface area contributed by atoms with E-state index in [2.05, 4.69) is 36.3 Å². The Balaban J connectivity index is 2.64. The Morgan fingerprint density at radius 2 is 1.73 bits per heavy atom. The molecule has 0 aliphatic rings. The molecule has 2 rings (SSSR count). The van der Waals surface area contributed by atoms with Gasteiger partial charge in [-0.05, 0) is 0 Å². The second-order valence-electron chi connectivity index (χ2n) is 9.17. The molecule has 2 heterocycles. The van der Waals surface area contributed by atoms with Gasteiger partial charge in [-0.25, -0.2) is 4.68 Å². The van der Waals surface area contributed by atoms with Crippen molar-refractivity contribution in [1.82, 2.24) is 24.3 Å². The molecule has 0 aliphatic heterocycles. The molecule has 164 valence electrons. The molecule has 0 saturated carbocycles. The monoisotopic (exact) mass is 435 g/mol. The Bertz CT molecular complexity index is 1100. The molecular formula is C18H29N9O2S. The molecule has 0 amide bonds. The average Bonchev–Trinajstić information content (AvgIpc) is 3.13. The van der Waals surface area contributed by atoms with Crippen LogP contribution in [0, 0.1) is 11.3 Å². The number of rotatable bonds is 5. The lowest BCUT2D eigenvalue weighted by Crippen LogP contribution is -2.29. The summed E-state index contributed by atoms with van der Waals surface area (Å²) >= 11 is 0. The molecule has 0 spiro atoms. The zero-order valence-corrected chi connectivity index (χ0v) is 19.7. The predicted octanol–water partition coefficient (Wildman–Crippen LogP) is 3.24. The molecule has 0 unspecified atom stereocenters. The van der Waals surface area contributed by atoms with E-state index in [4.69, 9.17) is 0 Å². The van der Waals surface area contributed by atoms with Crippen molar-refractivity contribution in [1.29, 1.82) is 5.26 Å². The van der Waals surface area contributed by atoms with Gasteiger partial charge >= 0.3 is 10.2 Å². The van der Waals surface area contributed by atoms with Crippen LogP contribution >= 0.6 is 0 Å². The lowest BCUT2D eigenvalue weighted by Gasteiger charge is -2.16. The smallest absolute Gasteiger partial charge is 0.278 e. The SMILES string of the molecule is CN(C)S(=O)(=O)Nc1c(N=Nc2n[nH]c(C(C)(C)C)c2C#N)c(C(C)(C)C)nn1C. The summed E-state index contributed by atoms with van der Waals surface area (Å²) in [4.78, 5) is 0. The molecule has 0 radical (unpaired) electrons. The van der Waals surface area contributed by atoms with Gasteiger partial charge in [-0.3, -0.25) is 9.82 Å². The number of nitriles is 1. The van der Waals surface area contributed by atoms with E-state index in [1.165, 1.54) is 18.8 Å². The van der Waals surface area contributed by atoms with Crippen molar-refractivity contribution in [2.24, 2.45) is 17.3 Å². The molecule has 12 heteroatoms. The highest BCUT2D eigenvalue weighted by molar-refractivity contribution is 7.90. The highest BCUT2D eigenvalue weighted by atomic mass is 32.2. The number of nitrogens with one attached hydrogen (secondary N) is 2. The van der Waals surface area contributed by atoms with Crippen molar-refractivity contribution in [3.8, 4) is 6.07 Å². The largest absolute Gasteiger partial charge is 0.302 e. The van der Waals surface area contributed by atoms with E-state index in [1.54, 1.807) is 7.05 Å². The van der Waals surface area contributed by atoms with E-state index >= 15 is 0 Å². The Hall–Kier alpha value is -2.78. The minimum absolute atomic E-state index is 0.132. The van der Waals surface area contributed by atoms with Gasteiger partial charge < -0.3 is 0 Å². The number of hydrogen-bond acceptors (Lipinski definition) is 7. The standard InChI is InChI=1S/C18H29N9O2S/c1-17(2,3)13-11(10-19)15(23-21-13)22-20-12-14(18(4,5)6)24-27(9)16(12)25-30(28,29)26(7)8/h25H,1-9H3,(H,21,23). The van der Waals surface area contributed by atoms with Crippen LogP contribution in [0.25, 0.3) is 0 Å². The molecule has 30 heavy (non-hydrogen) atoms. The summed E-state index contributed by atoms with van der Waals surface area (Å²) in [6.45, 7) is 11.7. The molecule has 2 aromatic rings. The number of aromatic amines is 1. The summed E-state index contributed by atoms with van der Waals surface area (Å²) in [7, 11) is 0.663. The van der Waals surface area contributed by atoms with Crippen molar-refractivity contribution in [2.45, 2.75) is 52.4 Å². The van der Waals surface area contributed by atoms with Crippen LogP contribution in [0.1, 0.15) is 58.5 Å². The topological polar surface area (TPSA) is 144 Å². The van der Waals surface area contributed by atoms with Crippen LogP contribution in [0.2, 0.25) is 0 Å². The minimum Gasteiger partial charge on any atom is -0.278 e. The van der Waals surface area contributed by atoms with Crippen LogP contribution in [-0.2, 0) is 28.1 Å². The second-order valence-corrected chi connectivity index (χ2v) is 11.1. The summed E-state index contributed by atoms with van der Waals surface area (Å²) in [5.41, 5.74) is 0.990. The van der Waals surface area contributed by atoms with E-state index in [0.717, 1.165) is 4.31 Å². The van der Waals surface area contributed by atoms with E-state index in [9.17, 15) is 13.7 Å². The van der Waals surface area contributed by atoms with Crippen molar-refractivity contribution in [2.75, 3.05) is 18.8 Å². The lowest BCUT2D eigenvalue weighted by atomic mass is 9.90. The molecule has 11 nitrogen and oxygen atoms in total. The van der Waals surface area contributed by atoms with Crippen LogP contribution < -0.4 is 4.72 Å². The molecule has 0 bridgehead atoms. The van der Waals surface area contributed by atoms with Crippen molar-refractivity contribution in [3.05, 3.63) is 17.0 Å². The van der Waals surface area contributed by atoms with Crippen LogP contribution in [-0.4, -0.2) is 46.8 Å². The zero-order chi connectivity index (χ0) is 23.1. The minimum atomic E-state index is -3.79. The third kappa shape index (κ3) is 4.68. The maximum absolute atomic E-state index is 12.4. The van der Waals surface area contributed by atoms with Gasteiger partial charge in [-0.2, -0.15) is 28.2 Å². The second kappa shape index (κ2) is 7.81. The Kier molecular flexibility index (Phi) is 6.11. The number of H-pyrrole nitrogens is 1. The van der Waals surface area contributed by atoms with E-state index in [0.29, 0.717) is 17.0 Å².